The van der Waals surface area contributed by atoms with Crippen LogP contribution in [0.15, 0.2) is 21.7 Å². The topological polar surface area (TPSA) is 112 Å². The molecular formula is C17H23BrN4O4. The standard InChI is InChI=1S/C17H22N4O4.BrH/c1-2-3-11-4-6-20(7-5-11)10-12-8-13(21(24)25)9-14-15(12)19-17(23)16(22)18-14;/h8-9,11H,2-7,10H2,1H3,(H,18,22)(H,19,23);1H. The maximum Gasteiger partial charge on any atom is 0.314 e. The highest BCUT2D eigenvalue weighted by atomic mass is 79.9. The van der Waals surface area contributed by atoms with Gasteiger partial charge in [-0.3, -0.25) is 24.6 Å². The minimum atomic E-state index is -0.806. The first-order valence-corrected chi connectivity index (χ1v) is 8.64. The van der Waals surface area contributed by atoms with Crippen LogP contribution in [0.5, 0.6) is 0 Å². The van der Waals surface area contributed by atoms with Crippen LogP contribution in [0.4, 0.5) is 5.69 Å². The van der Waals surface area contributed by atoms with Gasteiger partial charge in [-0.25, -0.2) is 0 Å². The molecule has 1 aliphatic heterocycles. The molecule has 0 saturated carbocycles. The molecule has 0 unspecified atom stereocenters. The van der Waals surface area contributed by atoms with Gasteiger partial charge in [0.1, 0.15) is 0 Å². The zero-order valence-corrected chi connectivity index (χ0v) is 16.3. The quantitative estimate of drug-likeness (QED) is 0.433. The number of piperidine rings is 1. The lowest BCUT2D eigenvalue weighted by atomic mass is 9.92. The maximum atomic E-state index is 11.7. The third-order valence-corrected chi connectivity index (χ3v) is 4.91. The SMILES string of the molecule is Br.CCCC1CCN(Cc2cc([N+](=O)[O-])cc3[nH]c(=O)c(=O)[nH]c23)CC1. The van der Waals surface area contributed by atoms with Crippen molar-refractivity contribution in [2.75, 3.05) is 13.1 Å². The molecule has 1 aliphatic rings. The fraction of sp³-hybridized carbons (Fsp3) is 0.529. The molecule has 0 atom stereocenters. The number of halogens is 1. The van der Waals surface area contributed by atoms with E-state index >= 15 is 0 Å². The molecule has 1 fully saturated rings. The molecule has 1 aromatic heterocycles. The molecule has 2 heterocycles. The number of nitrogens with zero attached hydrogens (tertiary/aromatic N) is 2. The predicted molar refractivity (Wildman–Crippen MR) is 105 cm³/mol. The van der Waals surface area contributed by atoms with Crippen LogP contribution < -0.4 is 11.1 Å². The second-order valence-corrected chi connectivity index (χ2v) is 6.70. The van der Waals surface area contributed by atoms with Crippen molar-refractivity contribution >= 4 is 33.7 Å². The molecule has 8 nitrogen and oxygen atoms in total. The monoisotopic (exact) mass is 426 g/mol. The van der Waals surface area contributed by atoms with Crippen LogP contribution in [0.3, 0.4) is 0 Å². The van der Waals surface area contributed by atoms with Gasteiger partial charge in [0.25, 0.3) is 5.69 Å². The number of H-pyrrole nitrogens is 2. The largest absolute Gasteiger partial charge is 0.316 e. The van der Waals surface area contributed by atoms with Crippen LogP contribution in [0.2, 0.25) is 0 Å². The molecule has 142 valence electrons. The third kappa shape index (κ3) is 4.39. The van der Waals surface area contributed by atoms with Crippen LogP contribution in [-0.4, -0.2) is 32.9 Å². The van der Waals surface area contributed by atoms with E-state index < -0.39 is 16.0 Å². The third-order valence-electron chi connectivity index (χ3n) is 4.91. The lowest BCUT2D eigenvalue weighted by molar-refractivity contribution is -0.384. The molecule has 2 N–H and O–H groups in total. The Labute approximate surface area is 160 Å². The van der Waals surface area contributed by atoms with E-state index in [0.717, 1.165) is 31.8 Å². The average Bonchev–Trinajstić information content (AvgIpc) is 2.58. The van der Waals surface area contributed by atoms with Gasteiger partial charge in [-0.15, -0.1) is 17.0 Å². The summed E-state index contributed by atoms with van der Waals surface area (Å²) in [6.45, 7) is 4.57. The van der Waals surface area contributed by atoms with Crippen molar-refractivity contribution in [1.29, 1.82) is 0 Å². The summed E-state index contributed by atoms with van der Waals surface area (Å²) < 4.78 is 0. The first kappa shape index (κ1) is 20.3. The number of benzene rings is 1. The molecule has 9 heteroatoms. The number of fused-ring (bicyclic) bond motifs is 1. The zero-order chi connectivity index (χ0) is 18.0. The fourth-order valence-electron chi connectivity index (χ4n) is 3.59. The Kier molecular flexibility index (Phi) is 6.71. The summed E-state index contributed by atoms with van der Waals surface area (Å²) in [5.74, 6) is 0.749. The number of rotatable bonds is 5. The Morgan fingerprint density at radius 2 is 1.85 bits per heavy atom. The maximum absolute atomic E-state index is 11.7. The Morgan fingerprint density at radius 3 is 2.46 bits per heavy atom. The van der Waals surface area contributed by atoms with Gasteiger partial charge in [0.15, 0.2) is 0 Å². The Balaban J connectivity index is 0.00000243. The highest BCUT2D eigenvalue weighted by Gasteiger charge is 2.21. The van der Waals surface area contributed by atoms with E-state index in [9.17, 15) is 19.7 Å². The second-order valence-electron chi connectivity index (χ2n) is 6.70. The van der Waals surface area contributed by atoms with Crippen molar-refractivity contribution in [1.82, 2.24) is 14.9 Å². The summed E-state index contributed by atoms with van der Waals surface area (Å²) in [7, 11) is 0. The number of hydrogen-bond acceptors (Lipinski definition) is 5. The van der Waals surface area contributed by atoms with Gasteiger partial charge in [0, 0.05) is 18.7 Å². The van der Waals surface area contributed by atoms with Crippen LogP contribution in [0, 0.1) is 16.0 Å². The highest BCUT2D eigenvalue weighted by Crippen LogP contribution is 2.26. The van der Waals surface area contributed by atoms with Gasteiger partial charge >= 0.3 is 11.1 Å². The van der Waals surface area contributed by atoms with Gasteiger partial charge in [-0.2, -0.15) is 0 Å². The number of non-ortho nitro benzene ring substituents is 1. The van der Waals surface area contributed by atoms with Crippen molar-refractivity contribution < 1.29 is 4.92 Å². The van der Waals surface area contributed by atoms with E-state index in [2.05, 4.69) is 21.8 Å². The van der Waals surface area contributed by atoms with E-state index in [1.807, 2.05) is 0 Å². The normalized spacial score (nSPS) is 15.7. The molecule has 0 radical (unpaired) electrons. The number of hydrogen-bond donors (Lipinski definition) is 2. The number of aromatic amines is 2. The van der Waals surface area contributed by atoms with Crippen LogP contribution in [-0.2, 0) is 6.54 Å². The summed E-state index contributed by atoms with van der Waals surface area (Å²) in [6, 6.07) is 2.76. The summed E-state index contributed by atoms with van der Waals surface area (Å²) in [6.07, 6.45) is 4.67. The lowest BCUT2D eigenvalue weighted by Crippen LogP contribution is -2.34. The summed E-state index contributed by atoms with van der Waals surface area (Å²) in [5.41, 5.74) is -0.235. The second kappa shape index (κ2) is 8.59. The smallest absolute Gasteiger partial charge is 0.314 e. The van der Waals surface area contributed by atoms with Crippen LogP contribution in [0.25, 0.3) is 11.0 Å². The molecule has 0 bridgehead atoms. The van der Waals surface area contributed by atoms with Crippen molar-refractivity contribution in [2.24, 2.45) is 5.92 Å². The van der Waals surface area contributed by atoms with Crippen molar-refractivity contribution in [3.05, 3.63) is 48.5 Å². The summed E-state index contributed by atoms with van der Waals surface area (Å²) in [4.78, 5) is 41.1. The predicted octanol–water partition coefficient (Wildman–Crippen LogP) is 2.71. The molecule has 1 aromatic carbocycles. The van der Waals surface area contributed by atoms with Crippen molar-refractivity contribution in [3.8, 4) is 0 Å². The molecule has 3 rings (SSSR count). The van der Waals surface area contributed by atoms with Gasteiger partial charge in [0.05, 0.1) is 16.0 Å². The first-order valence-electron chi connectivity index (χ1n) is 8.64. The lowest BCUT2D eigenvalue weighted by Gasteiger charge is -2.32. The number of likely N-dealkylation sites (tertiary alicyclic amines) is 1. The van der Waals surface area contributed by atoms with Gasteiger partial charge in [-0.1, -0.05) is 19.8 Å². The molecule has 2 aromatic rings. The number of aromatic nitrogens is 2. The van der Waals surface area contributed by atoms with Crippen molar-refractivity contribution in [3.63, 3.8) is 0 Å². The van der Waals surface area contributed by atoms with E-state index in [0.29, 0.717) is 17.6 Å². The average molecular weight is 427 g/mol. The van der Waals surface area contributed by atoms with Crippen LogP contribution in [0.1, 0.15) is 38.2 Å². The molecule has 26 heavy (non-hydrogen) atoms. The Hall–Kier alpha value is -2.00. The number of nitrogens with one attached hydrogen (secondary N) is 2. The molecule has 0 spiro atoms. The van der Waals surface area contributed by atoms with E-state index in [4.69, 9.17) is 0 Å². The zero-order valence-electron chi connectivity index (χ0n) is 14.6. The fourth-order valence-corrected chi connectivity index (χ4v) is 3.59. The summed E-state index contributed by atoms with van der Waals surface area (Å²) in [5, 5.41) is 11.2. The molecule has 0 amide bonds. The van der Waals surface area contributed by atoms with Crippen LogP contribution >= 0.6 is 17.0 Å². The van der Waals surface area contributed by atoms with Gasteiger partial charge in [-0.05, 0) is 37.4 Å². The van der Waals surface area contributed by atoms with Gasteiger partial charge in [0.2, 0.25) is 0 Å². The highest BCUT2D eigenvalue weighted by molar-refractivity contribution is 8.93. The number of nitro benzene ring substituents is 1. The van der Waals surface area contributed by atoms with E-state index in [1.54, 1.807) is 0 Å². The molecular weight excluding hydrogens is 404 g/mol. The van der Waals surface area contributed by atoms with E-state index in [-0.39, 0.29) is 28.2 Å². The minimum Gasteiger partial charge on any atom is -0.316 e. The number of nitro groups is 1. The Morgan fingerprint density at radius 1 is 1.19 bits per heavy atom. The van der Waals surface area contributed by atoms with E-state index in [1.165, 1.54) is 25.0 Å². The van der Waals surface area contributed by atoms with Crippen molar-refractivity contribution in [2.45, 2.75) is 39.2 Å². The molecule has 0 aliphatic carbocycles. The summed E-state index contributed by atoms with van der Waals surface area (Å²) >= 11 is 0. The first-order chi connectivity index (χ1) is 12.0. The Bertz CT molecular complexity index is 900. The van der Waals surface area contributed by atoms with Gasteiger partial charge < -0.3 is 9.97 Å². The molecule has 1 saturated heterocycles. The minimum absolute atomic E-state index is 0.